The number of nitrogens with zero attached hydrogens (tertiary/aromatic N) is 1. The van der Waals surface area contributed by atoms with Gasteiger partial charge in [0, 0.05) is 18.9 Å². The Balaban J connectivity index is 2.30. The molecule has 5 heteroatoms. The lowest BCUT2D eigenvalue weighted by Crippen LogP contribution is -2.54. The molecule has 0 bridgehead atoms. The predicted molar refractivity (Wildman–Crippen MR) is 73.4 cm³/mol. The minimum Gasteiger partial charge on any atom is -0.465 e. The van der Waals surface area contributed by atoms with Gasteiger partial charge in [0.1, 0.15) is 5.78 Å². The SMILES string of the molecule is CCC1CC(=O)CC([C@H](O)c2ccccc2)N1C(=O)O. The second-order valence-corrected chi connectivity index (χ2v) is 5.12. The van der Waals surface area contributed by atoms with Crippen molar-refractivity contribution in [2.45, 2.75) is 44.4 Å². The third-order valence-electron chi connectivity index (χ3n) is 3.85. The van der Waals surface area contributed by atoms with Gasteiger partial charge in [-0.15, -0.1) is 0 Å². The van der Waals surface area contributed by atoms with Gasteiger partial charge >= 0.3 is 6.09 Å². The largest absolute Gasteiger partial charge is 0.465 e. The first-order valence-electron chi connectivity index (χ1n) is 6.80. The maximum Gasteiger partial charge on any atom is 0.407 e. The molecule has 108 valence electrons. The highest BCUT2D eigenvalue weighted by Gasteiger charge is 2.40. The van der Waals surface area contributed by atoms with Crippen LogP contribution < -0.4 is 0 Å². The van der Waals surface area contributed by atoms with Gasteiger partial charge in [0.25, 0.3) is 0 Å². The van der Waals surface area contributed by atoms with E-state index in [0.717, 1.165) is 0 Å². The van der Waals surface area contributed by atoms with E-state index in [9.17, 15) is 19.8 Å². The third kappa shape index (κ3) is 2.82. The molecule has 2 unspecified atom stereocenters. The van der Waals surface area contributed by atoms with Crippen molar-refractivity contribution in [2.24, 2.45) is 0 Å². The van der Waals surface area contributed by atoms with Crippen LogP contribution in [0.1, 0.15) is 37.9 Å². The number of carboxylic acid groups (broad SMARTS) is 1. The van der Waals surface area contributed by atoms with Crippen molar-refractivity contribution < 1.29 is 19.8 Å². The molecular formula is C15H19NO4. The van der Waals surface area contributed by atoms with Gasteiger partial charge in [-0.2, -0.15) is 0 Å². The highest BCUT2D eigenvalue weighted by Crippen LogP contribution is 2.31. The zero-order chi connectivity index (χ0) is 14.7. The number of piperidine rings is 1. The van der Waals surface area contributed by atoms with E-state index in [0.29, 0.717) is 12.0 Å². The normalized spacial score (nSPS) is 24.5. The monoisotopic (exact) mass is 277 g/mol. The van der Waals surface area contributed by atoms with E-state index in [-0.39, 0.29) is 24.7 Å². The predicted octanol–water partition coefficient (Wildman–Crippen LogP) is 2.21. The van der Waals surface area contributed by atoms with Crippen LogP contribution in [0.3, 0.4) is 0 Å². The van der Waals surface area contributed by atoms with E-state index < -0.39 is 18.2 Å². The summed E-state index contributed by atoms with van der Waals surface area (Å²) in [6.07, 6.45) is -1.19. The summed E-state index contributed by atoms with van der Waals surface area (Å²) < 4.78 is 0. The molecule has 1 aromatic carbocycles. The van der Waals surface area contributed by atoms with Crippen LogP contribution in [-0.4, -0.2) is 39.1 Å². The number of likely N-dealkylation sites (tertiary alicyclic amines) is 1. The fourth-order valence-electron chi connectivity index (χ4n) is 2.82. The third-order valence-corrected chi connectivity index (χ3v) is 3.85. The summed E-state index contributed by atoms with van der Waals surface area (Å²) in [4.78, 5) is 24.5. The second-order valence-electron chi connectivity index (χ2n) is 5.12. The van der Waals surface area contributed by atoms with Crippen molar-refractivity contribution in [1.82, 2.24) is 4.90 Å². The van der Waals surface area contributed by atoms with Gasteiger partial charge in [-0.05, 0) is 12.0 Å². The maximum atomic E-state index is 11.8. The molecule has 5 nitrogen and oxygen atoms in total. The molecule has 0 radical (unpaired) electrons. The van der Waals surface area contributed by atoms with Crippen molar-refractivity contribution in [3.8, 4) is 0 Å². The molecule has 1 aliphatic rings. The van der Waals surface area contributed by atoms with Crippen LogP contribution in [0.15, 0.2) is 30.3 Å². The van der Waals surface area contributed by atoms with Gasteiger partial charge < -0.3 is 10.2 Å². The van der Waals surface area contributed by atoms with Gasteiger partial charge in [0.2, 0.25) is 0 Å². The molecule has 0 aromatic heterocycles. The molecule has 1 aromatic rings. The number of amides is 1. The Morgan fingerprint density at radius 1 is 1.35 bits per heavy atom. The van der Waals surface area contributed by atoms with Crippen LogP contribution in [0.25, 0.3) is 0 Å². The Kier molecular flexibility index (Phi) is 4.39. The van der Waals surface area contributed by atoms with Crippen LogP contribution >= 0.6 is 0 Å². The minimum atomic E-state index is -1.08. The Hall–Kier alpha value is -1.88. The standard InChI is InChI=1S/C15H19NO4/c1-2-11-8-12(17)9-13(16(11)15(19)20)14(18)10-6-4-3-5-7-10/h3-7,11,13-14,18H,2,8-9H2,1H3,(H,19,20)/t11?,13?,14-/m1/s1. The highest BCUT2D eigenvalue weighted by atomic mass is 16.4. The van der Waals surface area contributed by atoms with Crippen molar-refractivity contribution in [2.75, 3.05) is 0 Å². The summed E-state index contributed by atoms with van der Waals surface area (Å²) in [6, 6.07) is 7.82. The number of aliphatic hydroxyl groups excluding tert-OH is 1. The first kappa shape index (κ1) is 14.5. The van der Waals surface area contributed by atoms with Crippen molar-refractivity contribution in [3.05, 3.63) is 35.9 Å². The maximum absolute atomic E-state index is 11.8. The summed E-state index contributed by atoms with van der Waals surface area (Å²) in [5.41, 5.74) is 0.633. The zero-order valence-corrected chi connectivity index (χ0v) is 11.4. The van der Waals surface area contributed by atoms with Gasteiger partial charge in [-0.1, -0.05) is 37.3 Å². The molecule has 3 atom stereocenters. The number of Topliss-reactive ketones (excluding diaryl/α,β-unsaturated/α-hetero) is 1. The summed E-state index contributed by atoms with van der Waals surface area (Å²) >= 11 is 0. The van der Waals surface area contributed by atoms with E-state index >= 15 is 0 Å². The number of carbonyl (C=O) groups excluding carboxylic acids is 1. The Morgan fingerprint density at radius 3 is 2.55 bits per heavy atom. The Bertz CT molecular complexity index is 488. The average molecular weight is 277 g/mol. The van der Waals surface area contributed by atoms with Crippen LogP contribution in [0.5, 0.6) is 0 Å². The fraction of sp³-hybridized carbons (Fsp3) is 0.467. The molecule has 20 heavy (non-hydrogen) atoms. The van der Waals surface area contributed by atoms with E-state index in [1.165, 1.54) is 4.90 Å². The molecule has 1 fully saturated rings. The summed E-state index contributed by atoms with van der Waals surface area (Å²) in [7, 11) is 0. The van der Waals surface area contributed by atoms with E-state index in [4.69, 9.17) is 0 Å². The lowest BCUT2D eigenvalue weighted by atomic mass is 9.88. The summed E-state index contributed by atoms with van der Waals surface area (Å²) in [5.74, 6) is 0.00864. The number of hydrogen-bond donors (Lipinski definition) is 2. The molecule has 0 aliphatic carbocycles. The quantitative estimate of drug-likeness (QED) is 0.888. The number of hydrogen-bond acceptors (Lipinski definition) is 3. The average Bonchev–Trinajstić information content (AvgIpc) is 2.46. The lowest BCUT2D eigenvalue weighted by Gasteiger charge is -2.41. The van der Waals surface area contributed by atoms with Crippen molar-refractivity contribution in [1.29, 1.82) is 0 Å². The molecule has 1 saturated heterocycles. The number of ketones is 1. The molecular weight excluding hydrogens is 258 g/mol. The van der Waals surface area contributed by atoms with Crippen LogP contribution in [0, 0.1) is 0 Å². The first-order valence-corrected chi connectivity index (χ1v) is 6.80. The minimum absolute atomic E-state index is 0.00864. The van der Waals surface area contributed by atoms with E-state index in [2.05, 4.69) is 0 Å². The van der Waals surface area contributed by atoms with Gasteiger partial charge in [0.15, 0.2) is 0 Å². The molecule has 1 heterocycles. The van der Waals surface area contributed by atoms with E-state index in [1.807, 2.05) is 13.0 Å². The van der Waals surface area contributed by atoms with Gasteiger partial charge in [-0.25, -0.2) is 4.79 Å². The molecule has 2 N–H and O–H groups in total. The highest BCUT2D eigenvalue weighted by molar-refractivity contribution is 5.83. The summed E-state index contributed by atoms with van der Waals surface area (Å²) in [5, 5.41) is 19.8. The van der Waals surface area contributed by atoms with Crippen LogP contribution in [0.4, 0.5) is 4.79 Å². The number of benzene rings is 1. The van der Waals surface area contributed by atoms with Gasteiger partial charge in [-0.3, -0.25) is 9.69 Å². The van der Waals surface area contributed by atoms with Crippen molar-refractivity contribution >= 4 is 11.9 Å². The van der Waals surface area contributed by atoms with Crippen molar-refractivity contribution in [3.63, 3.8) is 0 Å². The topological polar surface area (TPSA) is 77.8 Å². The molecule has 2 rings (SSSR count). The zero-order valence-electron chi connectivity index (χ0n) is 11.4. The molecule has 1 aliphatic heterocycles. The Labute approximate surface area is 117 Å². The van der Waals surface area contributed by atoms with Gasteiger partial charge in [0.05, 0.1) is 12.1 Å². The lowest BCUT2D eigenvalue weighted by molar-refractivity contribution is -0.127. The number of aliphatic hydroxyl groups is 1. The molecule has 1 amide bonds. The number of rotatable bonds is 3. The second kappa shape index (κ2) is 6.05. The fourth-order valence-corrected chi connectivity index (χ4v) is 2.82. The van der Waals surface area contributed by atoms with E-state index in [1.54, 1.807) is 24.3 Å². The summed E-state index contributed by atoms with van der Waals surface area (Å²) in [6.45, 7) is 1.85. The smallest absolute Gasteiger partial charge is 0.407 e. The Morgan fingerprint density at radius 2 is 2.00 bits per heavy atom. The van der Waals surface area contributed by atoms with Crippen LogP contribution in [-0.2, 0) is 4.79 Å². The first-order chi connectivity index (χ1) is 9.54. The molecule has 0 saturated carbocycles. The van der Waals surface area contributed by atoms with Crippen LogP contribution in [0.2, 0.25) is 0 Å². The molecule has 0 spiro atoms. The number of carbonyl (C=O) groups is 2.